The van der Waals surface area contributed by atoms with Gasteiger partial charge in [0.2, 0.25) is 5.91 Å². The summed E-state index contributed by atoms with van der Waals surface area (Å²) in [6.07, 6.45) is 2.87. The molecule has 2 rings (SSSR count). The van der Waals surface area contributed by atoms with Crippen molar-refractivity contribution in [3.8, 4) is 0 Å². The van der Waals surface area contributed by atoms with Crippen LogP contribution in [0.1, 0.15) is 42.7 Å². The van der Waals surface area contributed by atoms with E-state index in [0.717, 1.165) is 29.9 Å². The number of carbonyl (C=O) groups is 2. The number of carboxylic acids is 1. The second-order valence-electron chi connectivity index (χ2n) is 5.72. The van der Waals surface area contributed by atoms with Gasteiger partial charge in [0.25, 0.3) is 0 Å². The van der Waals surface area contributed by atoms with Gasteiger partial charge in [-0.15, -0.1) is 0 Å². The van der Waals surface area contributed by atoms with Crippen molar-refractivity contribution in [3.63, 3.8) is 0 Å². The molecule has 1 aromatic rings. The van der Waals surface area contributed by atoms with Crippen LogP contribution in [0.3, 0.4) is 0 Å². The molecular formula is C15H22N2O4. The first kappa shape index (κ1) is 15.5. The summed E-state index contributed by atoms with van der Waals surface area (Å²) in [6.45, 7) is 5.07. The fraction of sp³-hybridized carbons (Fsp3) is 0.667. The maximum Gasteiger partial charge on any atom is 0.303 e. The first-order valence-corrected chi connectivity index (χ1v) is 7.38. The number of nitrogens with zero attached hydrogens (tertiary/aromatic N) is 2. The van der Waals surface area contributed by atoms with E-state index in [0.29, 0.717) is 25.9 Å². The van der Waals surface area contributed by atoms with E-state index in [1.807, 2.05) is 18.7 Å². The Morgan fingerprint density at radius 2 is 2.00 bits per heavy atom. The van der Waals surface area contributed by atoms with Crippen LogP contribution in [0, 0.1) is 19.8 Å². The Labute approximate surface area is 124 Å². The van der Waals surface area contributed by atoms with Crippen LogP contribution in [0.2, 0.25) is 0 Å². The molecule has 0 bridgehead atoms. The molecule has 1 saturated heterocycles. The topological polar surface area (TPSA) is 83.6 Å². The molecule has 2 heterocycles. The van der Waals surface area contributed by atoms with Crippen molar-refractivity contribution in [2.45, 2.75) is 46.0 Å². The van der Waals surface area contributed by atoms with Gasteiger partial charge in [0.15, 0.2) is 0 Å². The Morgan fingerprint density at radius 1 is 1.33 bits per heavy atom. The summed E-state index contributed by atoms with van der Waals surface area (Å²) in [6, 6.07) is 0. The minimum absolute atomic E-state index is 0.128. The van der Waals surface area contributed by atoms with Crippen molar-refractivity contribution >= 4 is 11.9 Å². The predicted molar refractivity (Wildman–Crippen MR) is 75.9 cm³/mol. The highest BCUT2D eigenvalue weighted by atomic mass is 16.5. The summed E-state index contributed by atoms with van der Waals surface area (Å²) in [5, 5.41) is 12.7. The Morgan fingerprint density at radius 3 is 2.52 bits per heavy atom. The van der Waals surface area contributed by atoms with E-state index >= 15 is 0 Å². The van der Waals surface area contributed by atoms with Crippen LogP contribution in [0.15, 0.2) is 4.52 Å². The molecular weight excluding hydrogens is 272 g/mol. The average molecular weight is 294 g/mol. The van der Waals surface area contributed by atoms with Gasteiger partial charge >= 0.3 is 5.97 Å². The molecule has 6 nitrogen and oxygen atoms in total. The SMILES string of the molecule is Cc1noc(C)c1CCC(=O)N1CCC(CC(=O)O)CC1. The highest BCUT2D eigenvalue weighted by Gasteiger charge is 2.24. The third-order valence-electron chi connectivity index (χ3n) is 4.20. The zero-order valence-corrected chi connectivity index (χ0v) is 12.6. The molecule has 0 aromatic carbocycles. The molecule has 0 radical (unpaired) electrons. The summed E-state index contributed by atoms with van der Waals surface area (Å²) in [7, 11) is 0. The van der Waals surface area contributed by atoms with Crippen molar-refractivity contribution in [1.82, 2.24) is 10.1 Å². The molecule has 0 atom stereocenters. The predicted octanol–water partition coefficient (Wildman–Crippen LogP) is 1.94. The van der Waals surface area contributed by atoms with Gasteiger partial charge in [-0.2, -0.15) is 0 Å². The quantitative estimate of drug-likeness (QED) is 0.897. The Hall–Kier alpha value is -1.85. The molecule has 0 aliphatic carbocycles. The van der Waals surface area contributed by atoms with Crippen LogP contribution in [0.25, 0.3) is 0 Å². The van der Waals surface area contributed by atoms with Crippen LogP contribution in [-0.2, 0) is 16.0 Å². The number of aromatic nitrogens is 1. The molecule has 0 spiro atoms. The number of aliphatic carboxylic acids is 1. The largest absolute Gasteiger partial charge is 0.481 e. The summed E-state index contributed by atoms with van der Waals surface area (Å²) >= 11 is 0. The Balaban J connectivity index is 1.79. The summed E-state index contributed by atoms with van der Waals surface area (Å²) in [5.41, 5.74) is 1.87. The van der Waals surface area contributed by atoms with E-state index < -0.39 is 5.97 Å². The summed E-state index contributed by atoms with van der Waals surface area (Å²) in [5.74, 6) is 0.358. The zero-order chi connectivity index (χ0) is 15.4. The Bertz CT molecular complexity index is 496. The van der Waals surface area contributed by atoms with Crippen LogP contribution < -0.4 is 0 Å². The molecule has 21 heavy (non-hydrogen) atoms. The Kier molecular flexibility index (Phi) is 4.98. The van der Waals surface area contributed by atoms with Gasteiger partial charge in [0.1, 0.15) is 5.76 Å². The monoisotopic (exact) mass is 294 g/mol. The number of amides is 1. The normalized spacial score (nSPS) is 16.2. The van der Waals surface area contributed by atoms with Crippen LogP contribution in [0.4, 0.5) is 0 Å². The first-order chi connectivity index (χ1) is 9.97. The molecule has 1 aliphatic heterocycles. The number of rotatable bonds is 5. The smallest absolute Gasteiger partial charge is 0.303 e. The summed E-state index contributed by atoms with van der Waals surface area (Å²) in [4.78, 5) is 24.7. The maximum atomic E-state index is 12.2. The standard InChI is InChI=1S/C15H22N2O4/c1-10-13(11(2)21-16-10)3-4-14(18)17-7-5-12(6-8-17)9-15(19)20/h12H,3-9H2,1-2H3,(H,19,20). The lowest BCUT2D eigenvalue weighted by molar-refractivity contribution is -0.138. The molecule has 1 fully saturated rings. The van der Waals surface area contributed by atoms with E-state index in [4.69, 9.17) is 9.63 Å². The fourth-order valence-corrected chi connectivity index (χ4v) is 2.88. The number of likely N-dealkylation sites (tertiary alicyclic amines) is 1. The van der Waals surface area contributed by atoms with Gasteiger partial charge < -0.3 is 14.5 Å². The number of hydrogen-bond donors (Lipinski definition) is 1. The number of carboxylic acid groups (broad SMARTS) is 1. The van der Waals surface area contributed by atoms with Crippen molar-refractivity contribution in [2.75, 3.05) is 13.1 Å². The third-order valence-corrected chi connectivity index (χ3v) is 4.20. The van der Waals surface area contributed by atoms with Gasteiger partial charge in [-0.05, 0) is 39.0 Å². The highest BCUT2D eigenvalue weighted by molar-refractivity contribution is 5.76. The van der Waals surface area contributed by atoms with Crippen LogP contribution >= 0.6 is 0 Å². The third kappa shape index (κ3) is 4.06. The molecule has 1 amide bonds. The molecule has 1 aliphatic rings. The fourth-order valence-electron chi connectivity index (χ4n) is 2.88. The second-order valence-corrected chi connectivity index (χ2v) is 5.72. The van der Waals surface area contributed by atoms with E-state index in [1.165, 1.54) is 0 Å². The summed E-state index contributed by atoms with van der Waals surface area (Å²) < 4.78 is 5.09. The zero-order valence-electron chi connectivity index (χ0n) is 12.6. The lowest BCUT2D eigenvalue weighted by Crippen LogP contribution is -2.39. The second kappa shape index (κ2) is 6.74. The van der Waals surface area contributed by atoms with Crippen molar-refractivity contribution in [2.24, 2.45) is 5.92 Å². The van der Waals surface area contributed by atoms with E-state index in [9.17, 15) is 9.59 Å². The number of piperidine rings is 1. The van der Waals surface area contributed by atoms with Gasteiger partial charge in [-0.25, -0.2) is 0 Å². The number of carbonyl (C=O) groups excluding carboxylic acids is 1. The van der Waals surface area contributed by atoms with Crippen molar-refractivity contribution in [3.05, 3.63) is 17.0 Å². The van der Waals surface area contributed by atoms with E-state index in [-0.39, 0.29) is 18.2 Å². The minimum Gasteiger partial charge on any atom is -0.481 e. The van der Waals surface area contributed by atoms with Gasteiger partial charge in [-0.1, -0.05) is 5.16 Å². The maximum absolute atomic E-state index is 12.2. The molecule has 1 N–H and O–H groups in total. The van der Waals surface area contributed by atoms with Crippen molar-refractivity contribution in [1.29, 1.82) is 0 Å². The molecule has 116 valence electrons. The van der Waals surface area contributed by atoms with Crippen LogP contribution in [-0.4, -0.2) is 40.1 Å². The highest BCUT2D eigenvalue weighted by Crippen LogP contribution is 2.22. The van der Waals surface area contributed by atoms with E-state index in [1.54, 1.807) is 0 Å². The van der Waals surface area contributed by atoms with Crippen molar-refractivity contribution < 1.29 is 19.2 Å². The van der Waals surface area contributed by atoms with E-state index in [2.05, 4.69) is 5.16 Å². The molecule has 1 aromatic heterocycles. The van der Waals surface area contributed by atoms with Gasteiger partial charge in [0.05, 0.1) is 5.69 Å². The number of hydrogen-bond acceptors (Lipinski definition) is 4. The molecule has 6 heteroatoms. The number of aryl methyl sites for hydroxylation is 2. The lowest BCUT2D eigenvalue weighted by atomic mass is 9.93. The van der Waals surface area contributed by atoms with Gasteiger partial charge in [-0.3, -0.25) is 9.59 Å². The van der Waals surface area contributed by atoms with Crippen LogP contribution in [0.5, 0.6) is 0 Å². The van der Waals surface area contributed by atoms with Gasteiger partial charge in [0, 0.05) is 31.5 Å². The molecule has 0 unspecified atom stereocenters. The lowest BCUT2D eigenvalue weighted by Gasteiger charge is -2.31. The minimum atomic E-state index is -0.752. The first-order valence-electron chi connectivity index (χ1n) is 7.38. The average Bonchev–Trinajstić information content (AvgIpc) is 2.75. The molecule has 0 saturated carbocycles.